The van der Waals surface area contributed by atoms with Crippen molar-refractivity contribution in [2.45, 2.75) is 12.6 Å². The highest BCUT2D eigenvalue weighted by Gasteiger charge is 2.16. The lowest BCUT2D eigenvalue weighted by Gasteiger charge is -2.29. The van der Waals surface area contributed by atoms with Crippen LogP contribution < -0.4 is 4.74 Å². The first-order chi connectivity index (χ1) is 13.7. The number of hydrogen-bond acceptors (Lipinski definition) is 7. The third-order valence-corrected chi connectivity index (χ3v) is 6.26. The standard InChI is InChI=1S/C21H35N3O3S/c1-22(6-7-23-8-12-26-13-9-23)16-19-4-2-3-5-21(19)27-18-20(25)17-24-10-14-28-15-11-24/h2-5,20,25H,6-18H2,1H3/t20-/m0/s1. The molecule has 7 heteroatoms. The molecule has 3 rings (SSSR count). The van der Waals surface area contributed by atoms with Gasteiger partial charge in [-0.3, -0.25) is 9.80 Å². The number of likely N-dealkylation sites (N-methyl/N-ethyl adjacent to an activating group) is 1. The van der Waals surface area contributed by atoms with Crippen LogP contribution in [0.5, 0.6) is 5.75 Å². The second kappa shape index (κ2) is 12.0. The van der Waals surface area contributed by atoms with Crippen molar-refractivity contribution in [1.29, 1.82) is 0 Å². The molecule has 0 radical (unpaired) electrons. The molecule has 1 N–H and O–H groups in total. The first kappa shape index (κ1) is 21.9. The van der Waals surface area contributed by atoms with E-state index in [1.165, 1.54) is 5.56 Å². The molecule has 1 aromatic rings. The summed E-state index contributed by atoms with van der Waals surface area (Å²) in [6, 6.07) is 8.19. The van der Waals surface area contributed by atoms with Crippen LogP contribution in [0.25, 0.3) is 0 Å². The van der Waals surface area contributed by atoms with E-state index in [4.69, 9.17) is 9.47 Å². The molecule has 28 heavy (non-hydrogen) atoms. The summed E-state index contributed by atoms with van der Waals surface area (Å²) in [5.74, 6) is 3.20. The number of aliphatic hydroxyl groups is 1. The Morgan fingerprint density at radius 1 is 1.14 bits per heavy atom. The summed E-state index contributed by atoms with van der Waals surface area (Å²) in [4.78, 5) is 7.12. The number of nitrogens with zero attached hydrogens (tertiary/aromatic N) is 3. The van der Waals surface area contributed by atoms with E-state index in [2.05, 4.69) is 33.9 Å². The smallest absolute Gasteiger partial charge is 0.123 e. The van der Waals surface area contributed by atoms with Gasteiger partial charge in [-0.15, -0.1) is 0 Å². The Kier molecular flexibility index (Phi) is 9.37. The second-order valence-corrected chi connectivity index (χ2v) is 8.90. The first-order valence-electron chi connectivity index (χ1n) is 10.4. The number of thioether (sulfide) groups is 1. The quantitative estimate of drug-likeness (QED) is 0.624. The van der Waals surface area contributed by atoms with Gasteiger partial charge >= 0.3 is 0 Å². The summed E-state index contributed by atoms with van der Waals surface area (Å²) in [6.45, 7) is 9.85. The Morgan fingerprint density at radius 2 is 1.89 bits per heavy atom. The van der Waals surface area contributed by atoms with Crippen LogP contribution in [-0.4, -0.2) is 110 Å². The van der Waals surface area contributed by atoms with Gasteiger partial charge in [0.1, 0.15) is 18.5 Å². The number of para-hydroxylation sites is 1. The molecular weight excluding hydrogens is 374 g/mol. The fourth-order valence-corrected chi connectivity index (χ4v) is 4.58. The van der Waals surface area contributed by atoms with Crippen LogP contribution in [0.4, 0.5) is 0 Å². The zero-order chi connectivity index (χ0) is 19.6. The zero-order valence-corrected chi connectivity index (χ0v) is 17.9. The molecule has 0 bridgehead atoms. The summed E-state index contributed by atoms with van der Waals surface area (Å²) in [6.07, 6.45) is -0.449. The van der Waals surface area contributed by atoms with Gasteiger partial charge in [0, 0.05) is 69.4 Å². The van der Waals surface area contributed by atoms with Gasteiger partial charge in [0.2, 0.25) is 0 Å². The van der Waals surface area contributed by atoms with Crippen LogP contribution in [-0.2, 0) is 11.3 Å². The normalized spacial score (nSPS) is 20.4. The molecule has 158 valence electrons. The molecule has 2 aliphatic rings. The number of aliphatic hydroxyl groups excluding tert-OH is 1. The first-order valence-corrected chi connectivity index (χ1v) is 11.5. The highest BCUT2D eigenvalue weighted by Crippen LogP contribution is 2.20. The van der Waals surface area contributed by atoms with Gasteiger partial charge < -0.3 is 19.5 Å². The Morgan fingerprint density at radius 3 is 2.68 bits per heavy atom. The maximum Gasteiger partial charge on any atom is 0.123 e. The summed E-state index contributed by atoms with van der Waals surface area (Å²) in [5.41, 5.74) is 1.17. The lowest BCUT2D eigenvalue weighted by Crippen LogP contribution is -2.40. The number of benzene rings is 1. The van der Waals surface area contributed by atoms with Crippen molar-refractivity contribution >= 4 is 11.8 Å². The minimum absolute atomic E-state index is 0.345. The molecule has 2 heterocycles. The van der Waals surface area contributed by atoms with E-state index in [-0.39, 0.29) is 0 Å². The van der Waals surface area contributed by atoms with Crippen molar-refractivity contribution in [3.63, 3.8) is 0 Å². The van der Waals surface area contributed by atoms with Crippen molar-refractivity contribution in [2.24, 2.45) is 0 Å². The molecule has 0 aliphatic carbocycles. The number of ether oxygens (including phenoxy) is 2. The molecule has 2 saturated heterocycles. The third-order valence-electron chi connectivity index (χ3n) is 5.32. The largest absolute Gasteiger partial charge is 0.491 e. The Hall–Kier alpha value is -0.830. The van der Waals surface area contributed by atoms with E-state index < -0.39 is 6.10 Å². The van der Waals surface area contributed by atoms with Gasteiger partial charge in [-0.2, -0.15) is 11.8 Å². The number of morpholine rings is 1. The van der Waals surface area contributed by atoms with Gasteiger partial charge in [0.25, 0.3) is 0 Å². The van der Waals surface area contributed by atoms with Gasteiger partial charge in [-0.25, -0.2) is 0 Å². The van der Waals surface area contributed by atoms with E-state index >= 15 is 0 Å². The van der Waals surface area contributed by atoms with E-state index in [1.54, 1.807) is 0 Å². The highest BCUT2D eigenvalue weighted by atomic mass is 32.2. The average Bonchev–Trinajstić information content (AvgIpc) is 2.73. The Bertz CT molecular complexity index is 566. The van der Waals surface area contributed by atoms with Crippen LogP contribution in [0.3, 0.4) is 0 Å². The molecule has 0 spiro atoms. The minimum Gasteiger partial charge on any atom is -0.491 e. The van der Waals surface area contributed by atoms with Gasteiger partial charge in [-0.1, -0.05) is 18.2 Å². The second-order valence-electron chi connectivity index (χ2n) is 7.68. The average molecular weight is 410 g/mol. The van der Waals surface area contributed by atoms with Crippen molar-refractivity contribution in [3.8, 4) is 5.75 Å². The number of rotatable bonds is 10. The van der Waals surface area contributed by atoms with Crippen molar-refractivity contribution in [3.05, 3.63) is 29.8 Å². The fourth-order valence-electron chi connectivity index (χ4n) is 3.60. The summed E-state index contributed by atoms with van der Waals surface area (Å²) >= 11 is 1.99. The summed E-state index contributed by atoms with van der Waals surface area (Å²) < 4.78 is 11.4. The third kappa shape index (κ3) is 7.54. The molecule has 2 aliphatic heterocycles. The predicted molar refractivity (Wildman–Crippen MR) is 115 cm³/mol. The predicted octanol–water partition coefficient (Wildman–Crippen LogP) is 1.24. The molecule has 6 nitrogen and oxygen atoms in total. The molecule has 1 aromatic carbocycles. The lowest BCUT2D eigenvalue weighted by molar-refractivity contribution is 0.0341. The molecule has 1 atom stereocenters. The van der Waals surface area contributed by atoms with Gasteiger partial charge in [-0.05, 0) is 13.1 Å². The van der Waals surface area contributed by atoms with E-state index in [1.807, 2.05) is 23.9 Å². The van der Waals surface area contributed by atoms with Gasteiger partial charge in [0.05, 0.1) is 13.2 Å². The maximum absolute atomic E-state index is 10.4. The van der Waals surface area contributed by atoms with E-state index in [0.29, 0.717) is 13.2 Å². The van der Waals surface area contributed by atoms with Crippen LogP contribution in [0, 0.1) is 0 Å². The van der Waals surface area contributed by atoms with Crippen LogP contribution in [0.15, 0.2) is 24.3 Å². The van der Waals surface area contributed by atoms with E-state index in [9.17, 15) is 5.11 Å². The summed E-state index contributed by atoms with van der Waals surface area (Å²) in [5, 5.41) is 10.4. The molecule has 2 fully saturated rings. The zero-order valence-electron chi connectivity index (χ0n) is 17.1. The van der Waals surface area contributed by atoms with Crippen LogP contribution in [0.1, 0.15) is 5.56 Å². The maximum atomic E-state index is 10.4. The van der Waals surface area contributed by atoms with Gasteiger partial charge in [0.15, 0.2) is 0 Å². The highest BCUT2D eigenvalue weighted by molar-refractivity contribution is 7.99. The topological polar surface area (TPSA) is 48.4 Å². The van der Waals surface area contributed by atoms with Crippen LogP contribution in [0.2, 0.25) is 0 Å². The Balaban J connectivity index is 1.42. The van der Waals surface area contributed by atoms with Crippen molar-refractivity contribution in [1.82, 2.24) is 14.7 Å². The van der Waals surface area contributed by atoms with Crippen molar-refractivity contribution in [2.75, 3.05) is 84.2 Å². The molecular formula is C21H35N3O3S. The van der Waals surface area contributed by atoms with Crippen molar-refractivity contribution < 1.29 is 14.6 Å². The molecule has 0 aromatic heterocycles. The molecule has 0 unspecified atom stereocenters. The molecule has 0 saturated carbocycles. The fraction of sp³-hybridized carbons (Fsp3) is 0.714. The monoisotopic (exact) mass is 409 g/mol. The Labute approximate surface area is 173 Å². The van der Waals surface area contributed by atoms with Crippen LogP contribution >= 0.6 is 11.8 Å². The lowest BCUT2D eigenvalue weighted by atomic mass is 10.2. The minimum atomic E-state index is -0.449. The van der Waals surface area contributed by atoms with E-state index in [0.717, 1.165) is 76.3 Å². The molecule has 0 amide bonds. The summed E-state index contributed by atoms with van der Waals surface area (Å²) in [7, 11) is 2.15. The number of hydrogen-bond donors (Lipinski definition) is 1. The SMILES string of the molecule is CN(CCN1CCOCC1)Cc1ccccc1OC[C@@H](O)CN1CCSCC1. The number of β-amino-alcohol motifs (C(OH)–C–C–N with tert-alkyl or cyclic N) is 1.